The molecule has 3 atom stereocenters. The number of nitrogens with zero attached hydrogens (tertiary/aromatic N) is 1. The lowest BCUT2D eigenvalue weighted by atomic mass is 10.1. The lowest BCUT2D eigenvalue weighted by Crippen LogP contribution is -2.50. The molecule has 0 aromatic rings. The van der Waals surface area contributed by atoms with Crippen molar-refractivity contribution in [3.63, 3.8) is 0 Å². The summed E-state index contributed by atoms with van der Waals surface area (Å²) in [6, 6.07) is 0.720. The molecule has 0 aromatic heterocycles. The Labute approximate surface area is 93.2 Å². The van der Waals surface area contributed by atoms with Crippen molar-refractivity contribution in [1.82, 2.24) is 10.2 Å². The molecule has 3 nitrogen and oxygen atoms in total. The van der Waals surface area contributed by atoms with E-state index in [9.17, 15) is 0 Å². The fraction of sp³-hybridized carbons (Fsp3) is 1.00. The Hall–Kier alpha value is -0.120. The number of nitrogens with one attached hydrogen (secondary N) is 1. The van der Waals surface area contributed by atoms with E-state index in [0.717, 1.165) is 31.7 Å². The molecule has 1 N–H and O–H groups in total. The summed E-state index contributed by atoms with van der Waals surface area (Å²) in [5, 5.41) is 3.26. The molecule has 15 heavy (non-hydrogen) atoms. The van der Waals surface area contributed by atoms with Gasteiger partial charge >= 0.3 is 0 Å². The quantitative estimate of drug-likeness (QED) is 0.755. The summed E-state index contributed by atoms with van der Waals surface area (Å²) in [6.07, 6.45) is 4.52. The Balaban J connectivity index is 1.84. The van der Waals surface area contributed by atoms with E-state index in [1.165, 1.54) is 25.8 Å². The van der Waals surface area contributed by atoms with E-state index in [2.05, 4.69) is 17.1 Å². The normalized spacial score (nSPS) is 34.0. The molecule has 2 rings (SSSR count). The minimum Gasteiger partial charge on any atom is -0.375 e. The van der Waals surface area contributed by atoms with Gasteiger partial charge in [0, 0.05) is 19.1 Å². The lowest BCUT2D eigenvalue weighted by molar-refractivity contribution is -0.0593. The van der Waals surface area contributed by atoms with Crippen LogP contribution in [0.15, 0.2) is 0 Å². The maximum atomic E-state index is 5.82. The highest BCUT2D eigenvalue weighted by Crippen LogP contribution is 2.29. The average Bonchev–Trinajstić information content (AvgIpc) is 2.67. The van der Waals surface area contributed by atoms with Crippen LogP contribution in [0.2, 0.25) is 0 Å². The molecule has 3 unspecified atom stereocenters. The zero-order valence-electron chi connectivity index (χ0n) is 10.0. The second-order valence-corrected chi connectivity index (χ2v) is 5.07. The van der Waals surface area contributed by atoms with Crippen molar-refractivity contribution in [2.24, 2.45) is 5.92 Å². The van der Waals surface area contributed by atoms with Crippen molar-refractivity contribution in [2.45, 2.75) is 38.3 Å². The first-order chi connectivity index (χ1) is 7.31. The fourth-order valence-electron chi connectivity index (χ4n) is 3.05. The molecule has 2 aliphatic rings. The molecule has 0 aromatic carbocycles. The van der Waals surface area contributed by atoms with E-state index >= 15 is 0 Å². The summed E-state index contributed by atoms with van der Waals surface area (Å²) in [6.45, 7) is 6.75. The summed E-state index contributed by atoms with van der Waals surface area (Å²) < 4.78 is 5.82. The Morgan fingerprint density at radius 1 is 1.47 bits per heavy atom. The lowest BCUT2D eigenvalue weighted by Gasteiger charge is -2.39. The van der Waals surface area contributed by atoms with Crippen LogP contribution in [-0.2, 0) is 4.74 Å². The summed E-state index contributed by atoms with van der Waals surface area (Å²) in [5.41, 5.74) is 0. The van der Waals surface area contributed by atoms with Crippen molar-refractivity contribution in [1.29, 1.82) is 0 Å². The standard InChI is InChI=1S/C12H24N2O/c1-10(8-13-2)9-14-6-7-15-12-5-3-4-11(12)14/h10-13H,3-9H2,1-2H3. The molecular formula is C12H24N2O. The maximum absolute atomic E-state index is 5.82. The molecule has 88 valence electrons. The van der Waals surface area contributed by atoms with Crippen LogP contribution in [0.4, 0.5) is 0 Å². The van der Waals surface area contributed by atoms with Crippen LogP contribution >= 0.6 is 0 Å². The minimum atomic E-state index is 0.542. The van der Waals surface area contributed by atoms with Crippen LogP contribution in [0.25, 0.3) is 0 Å². The number of rotatable bonds is 4. The van der Waals surface area contributed by atoms with E-state index in [1.807, 2.05) is 7.05 Å². The largest absolute Gasteiger partial charge is 0.375 e. The maximum Gasteiger partial charge on any atom is 0.0730 e. The van der Waals surface area contributed by atoms with Crippen molar-refractivity contribution >= 4 is 0 Å². The Bertz CT molecular complexity index is 198. The van der Waals surface area contributed by atoms with Gasteiger partial charge in [-0.05, 0) is 38.8 Å². The molecular weight excluding hydrogens is 188 g/mol. The fourth-order valence-corrected chi connectivity index (χ4v) is 3.05. The zero-order chi connectivity index (χ0) is 10.7. The Morgan fingerprint density at radius 3 is 3.13 bits per heavy atom. The van der Waals surface area contributed by atoms with Gasteiger partial charge in [-0.3, -0.25) is 4.90 Å². The SMILES string of the molecule is CNCC(C)CN1CCOC2CCCC21. The molecule has 2 fully saturated rings. The molecule has 1 saturated heterocycles. The second-order valence-electron chi connectivity index (χ2n) is 5.07. The molecule has 1 heterocycles. The third kappa shape index (κ3) is 2.71. The Kier molecular flexibility index (Phi) is 4.00. The topological polar surface area (TPSA) is 24.5 Å². The molecule has 3 heteroatoms. The second kappa shape index (κ2) is 5.28. The van der Waals surface area contributed by atoms with Gasteiger partial charge in [0.1, 0.15) is 0 Å². The van der Waals surface area contributed by atoms with Crippen molar-refractivity contribution in [2.75, 3.05) is 33.3 Å². The molecule has 1 aliphatic heterocycles. The van der Waals surface area contributed by atoms with Crippen LogP contribution < -0.4 is 5.32 Å². The number of fused-ring (bicyclic) bond motifs is 1. The summed E-state index contributed by atoms with van der Waals surface area (Å²) in [5.74, 6) is 0.745. The van der Waals surface area contributed by atoms with Gasteiger partial charge in [0.25, 0.3) is 0 Å². The first-order valence-corrected chi connectivity index (χ1v) is 6.31. The summed E-state index contributed by atoms with van der Waals surface area (Å²) >= 11 is 0. The first-order valence-electron chi connectivity index (χ1n) is 6.31. The number of hydrogen-bond donors (Lipinski definition) is 1. The van der Waals surface area contributed by atoms with Crippen LogP contribution in [-0.4, -0.2) is 50.3 Å². The molecule has 1 saturated carbocycles. The number of hydrogen-bond acceptors (Lipinski definition) is 3. The highest BCUT2D eigenvalue weighted by molar-refractivity contribution is 4.89. The van der Waals surface area contributed by atoms with Crippen LogP contribution in [0.3, 0.4) is 0 Å². The zero-order valence-corrected chi connectivity index (χ0v) is 10.0. The van der Waals surface area contributed by atoms with Gasteiger partial charge in [0.05, 0.1) is 12.7 Å². The average molecular weight is 212 g/mol. The predicted molar refractivity (Wildman–Crippen MR) is 62.0 cm³/mol. The first kappa shape index (κ1) is 11.4. The van der Waals surface area contributed by atoms with Gasteiger partial charge in [-0.2, -0.15) is 0 Å². The molecule has 1 aliphatic carbocycles. The van der Waals surface area contributed by atoms with Crippen LogP contribution in [0.1, 0.15) is 26.2 Å². The number of morpholine rings is 1. The predicted octanol–water partition coefficient (Wildman–Crippen LogP) is 1.10. The van der Waals surface area contributed by atoms with Crippen molar-refractivity contribution in [3.05, 3.63) is 0 Å². The molecule has 0 radical (unpaired) electrons. The van der Waals surface area contributed by atoms with Crippen molar-refractivity contribution < 1.29 is 4.74 Å². The third-order valence-electron chi connectivity index (χ3n) is 3.70. The van der Waals surface area contributed by atoms with Gasteiger partial charge in [0.15, 0.2) is 0 Å². The van der Waals surface area contributed by atoms with E-state index in [4.69, 9.17) is 4.74 Å². The minimum absolute atomic E-state index is 0.542. The highest BCUT2D eigenvalue weighted by Gasteiger charge is 2.36. The van der Waals surface area contributed by atoms with Crippen molar-refractivity contribution in [3.8, 4) is 0 Å². The molecule has 0 bridgehead atoms. The van der Waals surface area contributed by atoms with Gasteiger partial charge in [-0.1, -0.05) is 6.92 Å². The smallest absolute Gasteiger partial charge is 0.0730 e. The Morgan fingerprint density at radius 2 is 2.33 bits per heavy atom. The van der Waals surface area contributed by atoms with E-state index < -0.39 is 0 Å². The van der Waals surface area contributed by atoms with Crippen LogP contribution in [0, 0.1) is 5.92 Å². The summed E-state index contributed by atoms with van der Waals surface area (Å²) in [4.78, 5) is 2.66. The summed E-state index contributed by atoms with van der Waals surface area (Å²) in [7, 11) is 2.04. The highest BCUT2D eigenvalue weighted by atomic mass is 16.5. The van der Waals surface area contributed by atoms with Crippen LogP contribution in [0.5, 0.6) is 0 Å². The van der Waals surface area contributed by atoms with E-state index in [0.29, 0.717) is 6.10 Å². The van der Waals surface area contributed by atoms with Gasteiger partial charge in [-0.15, -0.1) is 0 Å². The monoisotopic (exact) mass is 212 g/mol. The van der Waals surface area contributed by atoms with Gasteiger partial charge < -0.3 is 10.1 Å². The molecule has 0 spiro atoms. The third-order valence-corrected chi connectivity index (χ3v) is 3.70. The van der Waals surface area contributed by atoms with E-state index in [1.54, 1.807) is 0 Å². The van der Waals surface area contributed by atoms with Gasteiger partial charge in [0.2, 0.25) is 0 Å². The number of ether oxygens (including phenoxy) is 1. The molecule has 0 amide bonds. The van der Waals surface area contributed by atoms with Gasteiger partial charge in [-0.25, -0.2) is 0 Å². The van der Waals surface area contributed by atoms with E-state index in [-0.39, 0.29) is 0 Å².